The van der Waals surface area contributed by atoms with Crippen LogP contribution in [0.25, 0.3) is 0 Å². The first kappa shape index (κ1) is 30.3. The first-order chi connectivity index (χ1) is 17.2. The number of carboxylic acids is 3. The Labute approximate surface area is 209 Å². The van der Waals surface area contributed by atoms with Crippen molar-refractivity contribution in [2.45, 2.75) is 49.9 Å². The maximum Gasteiger partial charge on any atom is 0.326 e. The Morgan fingerprint density at radius 2 is 1.19 bits per heavy atom. The normalized spacial score (nSPS) is 13.8. The molecular weight excluding hydrogens is 498 g/mol. The van der Waals surface area contributed by atoms with Gasteiger partial charge in [0.05, 0.1) is 25.3 Å². The van der Waals surface area contributed by atoms with Crippen LogP contribution in [-0.2, 0) is 40.0 Å². The Kier molecular flexibility index (Phi) is 11.4. The SMILES string of the molecule is NC(=O)CC(NC(=O)C(Cc1ccc(O)cc1)NC(=O)C(CC(=O)O)NC(=O)C(N)CC(=O)O)C(=O)O. The van der Waals surface area contributed by atoms with Crippen LogP contribution in [0, 0.1) is 0 Å². The number of nitrogens with two attached hydrogens (primary N) is 2. The van der Waals surface area contributed by atoms with E-state index >= 15 is 0 Å². The Bertz CT molecular complexity index is 1040. The minimum Gasteiger partial charge on any atom is -0.508 e. The highest BCUT2D eigenvalue weighted by atomic mass is 16.4. The van der Waals surface area contributed by atoms with Crippen LogP contribution in [0.15, 0.2) is 24.3 Å². The van der Waals surface area contributed by atoms with Gasteiger partial charge in [-0.25, -0.2) is 4.79 Å². The molecule has 1 aromatic rings. The summed E-state index contributed by atoms with van der Waals surface area (Å²) in [6, 6.07) is -1.36. The van der Waals surface area contributed by atoms with Gasteiger partial charge in [-0.1, -0.05) is 12.1 Å². The Balaban J connectivity index is 3.18. The molecule has 37 heavy (non-hydrogen) atoms. The lowest BCUT2D eigenvalue weighted by molar-refractivity contribution is -0.144. The summed E-state index contributed by atoms with van der Waals surface area (Å²) in [7, 11) is 0. The van der Waals surface area contributed by atoms with Gasteiger partial charge >= 0.3 is 17.9 Å². The topological polar surface area (TPSA) is 289 Å². The number of carbonyl (C=O) groups excluding carboxylic acids is 4. The van der Waals surface area contributed by atoms with E-state index < -0.39 is 85.0 Å². The molecule has 16 nitrogen and oxygen atoms in total. The Morgan fingerprint density at radius 1 is 0.703 bits per heavy atom. The molecule has 0 fully saturated rings. The third-order valence-corrected chi connectivity index (χ3v) is 4.77. The number of amides is 4. The van der Waals surface area contributed by atoms with Crippen molar-refractivity contribution in [2.24, 2.45) is 11.5 Å². The van der Waals surface area contributed by atoms with Crippen LogP contribution in [0.4, 0.5) is 0 Å². The predicted octanol–water partition coefficient (Wildman–Crippen LogP) is -3.37. The molecule has 0 radical (unpaired) electrons. The van der Waals surface area contributed by atoms with Crippen molar-refractivity contribution in [2.75, 3.05) is 0 Å². The molecule has 16 heteroatoms. The first-order valence-corrected chi connectivity index (χ1v) is 10.6. The van der Waals surface area contributed by atoms with Gasteiger partial charge in [-0.2, -0.15) is 0 Å². The van der Waals surface area contributed by atoms with Crippen molar-refractivity contribution in [3.8, 4) is 5.75 Å². The lowest BCUT2D eigenvalue weighted by atomic mass is 10.0. The zero-order valence-corrected chi connectivity index (χ0v) is 19.2. The van der Waals surface area contributed by atoms with E-state index in [1.54, 1.807) is 0 Å². The second-order valence-electron chi connectivity index (χ2n) is 7.86. The molecule has 0 aliphatic carbocycles. The quantitative estimate of drug-likeness (QED) is 0.108. The molecule has 4 atom stereocenters. The number of benzene rings is 1. The van der Waals surface area contributed by atoms with Gasteiger partial charge in [0.25, 0.3) is 0 Å². The summed E-state index contributed by atoms with van der Waals surface area (Å²) >= 11 is 0. The van der Waals surface area contributed by atoms with Crippen molar-refractivity contribution >= 4 is 41.5 Å². The highest BCUT2D eigenvalue weighted by Gasteiger charge is 2.32. The van der Waals surface area contributed by atoms with E-state index in [9.17, 15) is 43.8 Å². The fourth-order valence-electron chi connectivity index (χ4n) is 2.97. The molecule has 0 aromatic heterocycles. The van der Waals surface area contributed by atoms with Gasteiger partial charge in [0.15, 0.2) is 0 Å². The number of aliphatic carboxylic acids is 3. The molecule has 11 N–H and O–H groups in total. The van der Waals surface area contributed by atoms with E-state index in [-0.39, 0.29) is 12.2 Å². The molecule has 0 saturated carbocycles. The molecule has 4 amide bonds. The van der Waals surface area contributed by atoms with Gasteiger partial charge in [0.2, 0.25) is 23.6 Å². The number of phenols is 1. The molecule has 1 rings (SSSR count). The predicted molar refractivity (Wildman–Crippen MR) is 122 cm³/mol. The highest BCUT2D eigenvalue weighted by Crippen LogP contribution is 2.12. The van der Waals surface area contributed by atoms with Gasteiger partial charge in [0.1, 0.15) is 23.9 Å². The number of nitrogens with one attached hydrogen (secondary N) is 3. The monoisotopic (exact) mass is 525 g/mol. The average Bonchev–Trinajstić information content (AvgIpc) is 2.77. The largest absolute Gasteiger partial charge is 0.508 e. The fraction of sp³-hybridized carbons (Fsp3) is 0.381. The lowest BCUT2D eigenvalue weighted by Crippen LogP contribution is -2.58. The second-order valence-corrected chi connectivity index (χ2v) is 7.86. The van der Waals surface area contributed by atoms with Gasteiger partial charge in [0, 0.05) is 6.42 Å². The molecule has 0 aliphatic rings. The first-order valence-electron chi connectivity index (χ1n) is 10.6. The van der Waals surface area contributed by atoms with Gasteiger partial charge in [-0.15, -0.1) is 0 Å². The van der Waals surface area contributed by atoms with Gasteiger partial charge in [-0.3, -0.25) is 28.8 Å². The van der Waals surface area contributed by atoms with E-state index in [0.717, 1.165) is 0 Å². The minimum atomic E-state index is -1.79. The van der Waals surface area contributed by atoms with Crippen LogP contribution in [0.1, 0.15) is 24.8 Å². The highest BCUT2D eigenvalue weighted by molar-refractivity contribution is 5.96. The molecule has 0 bridgehead atoms. The van der Waals surface area contributed by atoms with Crippen LogP contribution in [0.2, 0.25) is 0 Å². The van der Waals surface area contributed by atoms with E-state index in [2.05, 4.69) is 10.6 Å². The maximum atomic E-state index is 12.9. The summed E-state index contributed by atoms with van der Waals surface area (Å²) in [6.45, 7) is 0. The van der Waals surface area contributed by atoms with Crippen LogP contribution in [0.3, 0.4) is 0 Å². The molecule has 0 aliphatic heterocycles. The van der Waals surface area contributed by atoms with E-state index in [4.69, 9.17) is 21.7 Å². The van der Waals surface area contributed by atoms with Crippen molar-refractivity contribution < 1.29 is 54.0 Å². The Morgan fingerprint density at radius 3 is 1.68 bits per heavy atom. The number of carbonyl (C=O) groups is 7. The number of carboxylic acid groups (broad SMARTS) is 3. The summed E-state index contributed by atoms with van der Waals surface area (Å²) < 4.78 is 0. The fourth-order valence-corrected chi connectivity index (χ4v) is 2.97. The van der Waals surface area contributed by atoms with Gasteiger partial charge < -0.3 is 47.8 Å². The smallest absolute Gasteiger partial charge is 0.326 e. The molecule has 0 spiro atoms. The zero-order chi connectivity index (χ0) is 28.3. The average molecular weight is 525 g/mol. The standard InChI is InChI=1S/C21H27N5O11/c22-11(6-16(29)30)18(33)24-13(8-17(31)32)20(35)25-12(5-9-1-3-10(27)4-2-9)19(34)26-14(21(36)37)7-15(23)28/h1-4,11-14,27H,5-8,22H2,(H2,23,28)(H,24,33)(H,25,35)(H,26,34)(H,29,30)(H,31,32)(H,36,37). The number of hydrogen-bond acceptors (Lipinski definition) is 9. The second kappa shape index (κ2) is 14.0. The number of phenolic OH excluding ortho intramolecular Hbond substituents is 1. The third-order valence-electron chi connectivity index (χ3n) is 4.77. The van der Waals surface area contributed by atoms with Crippen molar-refractivity contribution in [1.29, 1.82) is 0 Å². The summed E-state index contributed by atoms with van der Waals surface area (Å²) in [5.74, 6) is -9.09. The van der Waals surface area contributed by atoms with Crippen molar-refractivity contribution in [3.05, 3.63) is 29.8 Å². The molecular formula is C21H27N5O11. The van der Waals surface area contributed by atoms with Crippen LogP contribution in [-0.4, -0.2) is 86.1 Å². The van der Waals surface area contributed by atoms with Crippen LogP contribution < -0.4 is 27.4 Å². The van der Waals surface area contributed by atoms with E-state index in [1.807, 2.05) is 5.32 Å². The molecule has 1 aromatic carbocycles. The molecule has 4 unspecified atom stereocenters. The lowest BCUT2D eigenvalue weighted by Gasteiger charge is -2.24. The number of rotatable bonds is 15. The van der Waals surface area contributed by atoms with Crippen LogP contribution >= 0.6 is 0 Å². The van der Waals surface area contributed by atoms with Gasteiger partial charge in [-0.05, 0) is 17.7 Å². The van der Waals surface area contributed by atoms with Crippen molar-refractivity contribution in [3.63, 3.8) is 0 Å². The van der Waals surface area contributed by atoms with Crippen LogP contribution in [0.5, 0.6) is 5.75 Å². The number of hydrogen-bond donors (Lipinski definition) is 9. The zero-order valence-electron chi connectivity index (χ0n) is 19.2. The molecule has 0 saturated heterocycles. The van der Waals surface area contributed by atoms with Crippen molar-refractivity contribution in [1.82, 2.24) is 16.0 Å². The summed E-state index contributed by atoms with van der Waals surface area (Å²) in [6.07, 6.45) is -2.83. The number of primary amides is 1. The maximum absolute atomic E-state index is 12.9. The number of aromatic hydroxyl groups is 1. The van der Waals surface area contributed by atoms with E-state index in [0.29, 0.717) is 5.56 Å². The summed E-state index contributed by atoms with van der Waals surface area (Å²) in [5.41, 5.74) is 10.8. The summed E-state index contributed by atoms with van der Waals surface area (Å²) in [4.78, 5) is 82.4. The Hall–Kier alpha value is -4.73. The molecule has 202 valence electrons. The van der Waals surface area contributed by atoms with E-state index in [1.165, 1.54) is 24.3 Å². The minimum absolute atomic E-state index is 0.108. The third kappa shape index (κ3) is 11.0. The molecule has 0 heterocycles. The summed E-state index contributed by atoms with van der Waals surface area (Å²) in [5, 5.41) is 42.9.